The first-order valence-electron chi connectivity index (χ1n) is 4.86. The summed E-state index contributed by atoms with van der Waals surface area (Å²) in [5.41, 5.74) is 1.32. The fourth-order valence-electron chi connectivity index (χ4n) is 1.14. The van der Waals surface area contributed by atoms with E-state index < -0.39 is 0 Å². The summed E-state index contributed by atoms with van der Waals surface area (Å²) in [6, 6.07) is 0.631. The molecule has 1 aliphatic carbocycles. The molecule has 0 bridgehead atoms. The lowest BCUT2D eigenvalue weighted by Crippen LogP contribution is -2.44. The van der Waals surface area contributed by atoms with Gasteiger partial charge in [-0.1, -0.05) is 11.6 Å². The molecule has 0 spiro atoms. The van der Waals surface area contributed by atoms with Crippen LogP contribution in [0.1, 0.15) is 33.1 Å². The summed E-state index contributed by atoms with van der Waals surface area (Å²) in [4.78, 5) is 0. The molecule has 0 saturated heterocycles. The van der Waals surface area contributed by atoms with Crippen LogP contribution in [0.2, 0.25) is 0 Å². The molecule has 1 saturated carbocycles. The standard InChI is InChI=1S/C10H18N2S/c1-8(2)6-7-11-10(13)12-9-4-3-5-9/h6,9H,3-5,7H2,1-2H3,(H2,11,12,13). The lowest BCUT2D eigenvalue weighted by atomic mass is 9.93. The quantitative estimate of drug-likeness (QED) is 0.535. The minimum atomic E-state index is 0.631. The number of thiocarbonyl (C=S) groups is 1. The van der Waals surface area contributed by atoms with Gasteiger partial charge < -0.3 is 10.6 Å². The van der Waals surface area contributed by atoms with Gasteiger partial charge in [0.1, 0.15) is 0 Å². The van der Waals surface area contributed by atoms with Crippen molar-refractivity contribution in [2.24, 2.45) is 0 Å². The molecule has 0 unspecified atom stereocenters. The molecule has 0 aliphatic heterocycles. The van der Waals surface area contributed by atoms with Crippen molar-refractivity contribution in [3.05, 3.63) is 11.6 Å². The Balaban J connectivity index is 2.06. The van der Waals surface area contributed by atoms with E-state index in [1.165, 1.54) is 24.8 Å². The van der Waals surface area contributed by atoms with Crippen molar-refractivity contribution in [1.82, 2.24) is 10.6 Å². The SMILES string of the molecule is CC(C)=CCNC(=S)NC1CCC1. The first-order valence-corrected chi connectivity index (χ1v) is 5.27. The molecule has 0 atom stereocenters. The largest absolute Gasteiger partial charge is 0.360 e. The maximum absolute atomic E-state index is 5.13. The summed E-state index contributed by atoms with van der Waals surface area (Å²) < 4.78 is 0. The fourth-order valence-corrected chi connectivity index (χ4v) is 1.39. The number of nitrogens with one attached hydrogen (secondary N) is 2. The van der Waals surface area contributed by atoms with Gasteiger partial charge in [-0.05, 0) is 45.3 Å². The van der Waals surface area contributed by atoms with Gasteiger partial charge in [0.2, 0.25) is 0 Å². The van der Waals surface area contributed by atoms with Crippen molar-refractivity contribution >= 4 is 17.3 Å². The monoisotopic (exact) mass is 198 g/mol. The second-order valence-corrected chi connectivity index (χ2v) is 4.17. The van der Waals surface area contributed by atoms with Crippen molar-refractivity contribution < 1.29 is 0 Å². The lowest BCUT2D eigenvalue weighted by molar-refractivity contribution is 0.382. The maximum Gasteiger partial charge on any atom is 0.166 e. The first kappa shape index (κ1) is 10.5. The molecule has 0 amide bonds. The molecule has 2 nitrogen and oxygen atoms in total. The molecule has 74 valence electrons. The van der Waals surface area contributed by atoms with E-state index in [-0.39, 0.29) is 0 Å². The predicted molar refractivity (Wildman–Crippen MR) is 60.8 cm³/mol. The van der Waals surface area contributed by atoms with Gasteiger partial charge in [0.15, 0.2) is 5.11 Å². The Morgan fingerprint density at radius 3 is 2.62 bits per heavy atom. The third kappa shape index (κ3) is 4.27. The average Bonchev–Trinajstić information content (AvgIpc) is 1.96. The van der Waals surface area contributed by atoms with Gasteiger partial charge in [-0.25, -0.2) is 0 Å². The van der Waals surface area contributed by atoms with E-state index in [0.29, 0.717) is 6.04 Å². The van der Waals surface area contributed by atoms with Crippen LogP contribution in [-0.4, -0.2) is 17.7 Å². The van der Waals surface area contributed by atoms with Crippen LogP contribution < -0.4 is 10.6 Å². The van der Waals surface area contributed by atoms with Crippen molar-refractivity contribution in [3.63, 3.8) is 0 Å². The molecule has 2 N–H and O–H groups in total. The predicted octanol–water partition coefficient (Wildman–Crippen LogP) is 1.97. The Kier molecular flexibility index (Phi) is 4.22. The number of hydrogen-bond acceptors (Lipinski definition) is 1. The van der Waals surface area contributed by atoms with Crippen LogP contribution in [-0.2, 0) is 0 Å². The van der Waals surface area contributed by atoms with Crippen LogP contribution in [0, 0.1) is 0 Å². The Hall–Kier alpha value is -0.570. The van der Waals surface area contributed by atoms with Crippen molar-refractivity contribution in [3.8, 4) is 0 Å². The molecule has 1 aliphatic rings. The summed E-state index contributed by atoms with van der Waals surface area (Å²) in [7, 11) is 0. The molecule has 1 rings (SSSR count). The molecule has 0 radical (unpaired) electrons. The Labute approximate surface area is 85.8 Å². The van der Waals surface area contributed by atoms with E-state index in [1.807, 2.05) is 0 Å². The van der Waals surface area contributed by atoms with Gasteiger partial charge in [-0.3, -0.25) is 0 Å². The molecule has 0 heterocycles. The van der Waals surface area contributed by atoms with Crippen LogP contribution in [0.5, 0.6) is 0 Å². The maximum atomic E-state index is 5.13. The third-order valence-corrected chi connectivity index (χ3v) is 2.48. The smallest absolute Gasteiger partial charge is 0.166 e. The highest BCUT2D eigenvalue weighted by Gasteiger charge is 2.17. The second kappa shape index (κ2) is 5.22. The summed E-state index contributed by atoms with van der Waals surface area (Å²) in [5, 5.41) is 7.23. The van der Waals surface area contributed by atoms with E-state index in [9.17, 15) is 0 Å². The molecule has 0 aromatic heterocycles. The Morgan fingerprint density at radius 2 is 2.15 bits per heavy atom. The number of allylic oxidation sites excluding steroid dienone is 1. The highest BCUT2D eigenvalue weighted by atomic mass is 32.1. The van der Waals surface area contributed by atoms with Gasteiger partial charge in [0, 0.05) is 12.6 Å². The van der Waals surface area contributed by atoms with Gasteiger partial charge in [-0.2, -0.15) is 0 Å². The minimum Gasteiger partial charge on any atom is -0.360 e. The Morgan fingerprint density at radius 1 is 1.46 bits per heavy atom. The van der Waals surface area contributed by atoms with Crippen LogP contribution in [0.15, 0.2) is 11.6 Å². The molecular formula is C10H18N2S. The summed E-state index contributed by atoms with van der Waals surface area (Å²) in [6.07, 6.45) is 6.01. The van der Waals surface area contributed by atoms with Crippen LogP contribution >= 0.6 is 12.2 Å². The van der Waals surface area contributed by atoms with Crippen LogP contribution in [0.3, 0.4) is 0 Å². The normalized spacial score (nSPS) is 15.8. The molecule has 1 fully saturated rings. The van der Waals surface area contributed by atoms with Crippen LogP contribution in [0.25, 0.3) is 0 Å². The fraction of sp³-hybridized carbons (Fsp3) is 0.700. The number of rotatable bonds is 3. The third-order valence-electron chi connectivity index (χ3n) is 2.21. The molecule has 0 aromatic rings. The zero-order valence-corrected chi connectivity index (χ0v) is 9.21. The zero-order chi connectivity index (χ0) is 9.68. The van der Waals surface area contributed by atoms with Gasteiger partial charge >= 0.3 is 0 Å². The summed E-state index contributed by atoms with van der Waals surface area (Å²) in [6.45, 7) is 5.01. The van der Waals surface area contributed by atoms with Gasteiger partial charge in [0.05, 0.1) is 0 Å². The van der Waals surface area contributed by atoms with Gasteiger partial charge in [0.25, 0.3) is 0 Å². The van der Waals surface area contributed by atoms with Gasteiger partial charge in [-0.15, -0.1) is 0 Å². The topological polar surface area (TPSA) is 24.1 Å². The summed E-state index contributed by atoms with van der Waals surface area (Å²) >= 11 is 5.13. The van der Waals surface area contributed by atoms with Crippen molar-refractivity contribution in [1.29, 1.82) is 0 Å². The van der Waals surface area contributed by atoms with Crippen molar-refractivity contribution in [2.45, 2.75) is 39.2 Å². The van der Waals surface area contributed by atoms with E-state index in [4.69, 9.17) is 12.2 Å². The molecule has 3 heteroatoms. The second-order valence-electron chi connectivity index (χ2n) is 3.76. The van der Waals surface area contributed by atoms with E-state index in [0.717, 1.165) is 11.7 Å². The van der Waals surface area contributed by atoms with E-state index in [2.05, 4.69) is 30.6 Å². The molecular weight excluding hydrogens is 180 g/mol. The molecule has 0 aromatic carbocycles. The highest BCUT2D eigenvalue weighted by Crippen LogP contribution is 2.17. The lowest BCUT2D eigenvalue weighted by Gasteiger charge is -2.27. The number of hydrogen-bond donors (Lipinski definition) is 2. The van der Waals surface area contributed by atoms with E-state index in [1.54, 1.807) is 0 Å². The zero-order valence-electron chi connectivity index (χ0n) is 8.39. The first-order chi connectivity index (χ1) is 6.18. The van der Waals surface area contributed by atoms with E-state index >= 15 is 0 Å². The van der Waals surface area contributed by atoms with Crippen LogP contribution in [0.4, 0.5) is 0 Å². The minimum absolute atomic E-state index is 0.631. The summed E-state index contributed by atoms with van der Waals surface area (Å²) in [5.74, 6) is 0. The highest BCUT2D eigenvalue weighted by molar-refractivity contribution is 7.80. The Bertz CT molecular complexity index is 203. The molecule has 13 heavy (non-hydrogen) atoms. The average molecular weight is 198 g/mol. The van der Waals surface area contributed by atoms with Crippen molar-refractivity contribution in [2.75, 3.05) is 6.54 Å².